The standard InChI is InChI=1S/C33H40N6O3/c1-3-27(26-14-10-20-39(26)2)42-29-21-25(24(34)16-19-36-22-11-5-4-6-12-22)37-32(38-29)30(35)23-13-9-18-33(31(23)41)17-8-7-15-28(33)40/h3-6,11-12,16,19,21,26-27,35,41H,1,7-10,13-15,17-18,20,34H2,2H3/p+2/b24-16-,35-30?,36-19?/t26-,27-,33+/m0/s1. The Bertz CT molecular complexity index is 1430. The summed E-state index contributed by atoms with van der Waals surface area (Å²) in [5.41, 5.74) is 8.29. The van der Waals surface area contributed by atoms with Gasteiger partial charge in [-0.1, -0.05) is 31.2 Å². The topological polar surface area (TPSA) is 142 Å². The number of likely N-dealkylation sites (N-methyl/N-ethyl adjacent to an activating group) is 1. The molecule has 0 unspecified atom stereocenters. The number of hydrogen-bond acceptors (Lipinski definition) is 7. The maximum absolute atomic E-state index is 13.1. The van der Waals surface area contributed by atoms with Crippen molar-refractivity contribution < 1.29 is 20.0 Å². The van der Waals surface area contributed by atoms with Gasteiger partial charge < -0.3 is 15.6 Å². The third-order valence-electron chi connectivity index (χ3n) is 8.85. The molecule has 3 aliphatic rings. The summed E-state index contributed by atoms with van der Waals surface area (Å²) in [4.78, 5) is 29.2. The number of aromatic nitrogens is 2. The van der Waals surface area contributed by atoms with Gasteiger partial charge in [-0.25, -0.2) is 4.98 Å². The van der Waals surface area contributed by atoms with E-state index in [0.29, 0.717) is 60.0 Å². The lowest BCUT2D eigenvalue weighted by molar-refractivity contribution is -0.131. The minimum absolute atomic E-state index is 0.154. The number of rotatable bonds is 9. The highest BCUT2D eigenvalue weighted by molar-refractivity contribution is 6.07. The Morgan fingerprint density at radius 1 is 1.21 bits per heavy atom. The van der Waals surface area contributed by atoms with Crippen LogP contribution < -0.4 is 15.9 Å². The average molecular weight is 571 g/mol. The highest BCUT2D eigenvalue weighted by Crippen LogP contribution is 2.47. The molecule has 3 atom stereocenters. The van der Waals surface area contributed by atoms with Crippen molar-refractivity contribution in [3.63, 3.8) is 0 Å². The van der Waals surface area contributed by atoms with Gasteiger partial charge in [-0.3, -0.25) is 20.1 Å². The number of hydrogen-bond donors (Lipinski definition) is 2. The summed E-state index contributed by atoms with van der Waals surface area (Å²) in [7, 11) is 2.08. The second kappa shape index (κ2) is 12.8. The number of carbonyl (C=O) groups excluding carboxylic acids is 1. The Balaban J connectivity index is 1.51. The number of allylic oxidation sites excluding steroid dienone is 3. The SMILES string of the molecule is C=C[C@H](Oc1cc(/C(N)=C/C=Nc2ccccc2)nc(C(=[NH2+])C2=C([OH2+])[C@]3(CCCCC3=O)CCC2)n1)[C@@H]1CCCN1C. The molecule has 1 saturated carbocycles. The van der Waals surface area contributed by atoms with Crippen LogP contribution in [0.1, 0.15) is 69.3 Å². The molecule has 220 valence electrons. The van der Waals surface area contributed by atoms with Gasteiger partial charge in [-0.05, 0) is 82.8 Å². The van der Waals surface area contributed by atoms with Gasteiger partial charge in [0.1, 0.15) is 17.1 Å². The van der Waals surface area contributed by atoms with Crippen LogP contribution in [-0.2, 0) is 4.79 Å². The molecule has 1 aromatic carbocycles. The van der Waals surface area contributed by atoms with E-state index in [-0.39, 0.29) is 23.8 Å². The van der Waals surface area contributed by atoms with E-state index in [4.69, 9.17) is 31.0 Å². The summed E-state index contributed by atoms with van der Waals surface area (Å²) in [5, 5.41) is 15.9. The monoisotopic (exact) mass is 570 g/mol. The first-order valence-electron chi connectivity index (χ1n) is 14.9. The molecule has 6 N–H and O–H groups in total. The summed E-state index contributed by atoms with van der Waals surface area (Å²) in [5.74, 6) is 1.04. The van der Waals surface area contributed by atoms with E-state index in [9.17, 15) is 4.79 Å². The fourth-order valence-electron chi connectivity index (χ4n) is 6.46. The third kappa shape index (κ3) is 6.06. The lowest BCUT2D eigenvalue weighted by Crippen LogP contribution is -2.47. The Hall–Kier alpha value is -4.11. The first-order chi connectivity index (χ1) is 20.3. The normalized spacial score (nSPS) is 24.4. The van der Waals surface area contributed by atoms with Crippen molar-refractivity contribution >= 4 is 29.1 Å². The van der Waals surface area contributed by atoms with Crippen molar-refractivity contribution in [2.75, 3.05) is 13.6 Å². The van der Waals surface area contributed by atoms with Gasteiger partial charge in [0, 0.05) is 18.7 Å². The maximum Gasteiger partial charge on any atom is 0.254 e. The van der Waals surface area contributed by atoms with Crippen LogP contribution in [0.5, 0.6) is 5.88 Å². The van der Waals surface area contributed by atoms with E-state index in [1.807, 2.05) is 30.3 Å². The molecule has 5 rings (SSSR count). The molecular weight excluding hydrogens is 528 g/mol. The number of Topliss-reactive ketones (excluding diaryl/α,β-unsaturated/α-hetero) is 1. The van der Waals surface area contributed by atoms with Crippen LogP contribution in [0.4, 0.5) is 5.69 Å². The summed E-state index contributed by atoms with van der Waals surface area (Å²) >= 11 is 0. The van der Waals surface area contributed by atoms with E-state index in [2.05, 4.69) is 23.5 Å². The Morgan fingerprint density at radius 2 is 2.00 bits per heavy atom. The zero-order valence-corrected chi connectivity index (χ0v) is 24.4. The Kier molecular flexibility index (Phi) is 8.97. The van der Waals surface area contributed by atoms with Gasteiger partial charge in [0.2, 0.25) is 11.7 Å². The molecule has 1 spiro atoms. The zero-order valence-electron chi connectivity index (χ0n) is 24.4. The molecule has 0 amide bonds. The van der Waals surface area contributed by atoms with Crippen molar-refractivity contribution in [1.82, 2.24) is 14.9 Å². The molecular formula is C33H42N6O3+2. The van der Waals surface area contributed by atoms with Gasteiger partial charge in [-0.2, -0.15) is 4.98 Å². The number of aliphatic imine (C=N–C) groups is 1. The molecule has 9 nitrogen and oxygen atoms in total. The van der Waals surface area contributed by atoms with Gasteiger partial charge in [0.25, 0.3) is 11.5 Å². The van der Waals surface area contributed by atoms with Crippen molar-refractivity contribution in [1.29, 1.82) is 0 Å². The Labute approximate surface area is 247 Å². The van der Waals surface area contributed by atoms with Crippen LogP contribution in [0.2, 0.25) is 0 Å². The summed E-state index contributed by atoms with van der Waals surface area (Å²) in [6.07, 6.45) is 12.0. The fraction of sp³-hybridized carbons (Fsp3) is 0.424. The van der Waals surface area contributed by atoms with Gasteiger partial charge in [-0.15, -0.1) is 0 Å². The molecule has 2 aromatic rings. The van der Waals surface area contributed by atoms with Crippen molar-refractivity contribution in [2.45, 2.75) is 69.9 Å². The molecule has 1 saturated heterocycles. The minimum atomic E-state index is -0.749. The smallest absolute Gasteiger partial charge is 0.254 e. The number of nitrogens with zero attached hydrogens (tertiary/aromatic N) is 4. The van der Waals surface area contributed by atoms with E-state index in [1.165, 1.54) is 0 Å². The lowest BCUT2D eigenvalue weighted by atomic mass is 9.64. The third-order valence-corrected chi connectivity index (χ3v) is 8.85. The average Bonchev–Trinajstić information content (AvgIpc) is 3.44. The van der Waals surface area contributed by atoms with Crippen LogP contribution >= 0.6 is 0 Å². The molecule has 9 heteroatoms. The lowest BCUT2D eigenvalue weighted by Gasteiger charge is -2.35. The molecule has 2 heterocycles. The maximum atomic E-state index is 13.1. The van der Waals surface area contributed by atoms with Crippen LogP contribution in [0.25, 0.3) is 5.70 Å². The van der Waals surface area contributed by atoms with Gasteiger partial charge in [0.05, 0.1) is 23.1 Å². The number of ketones is 1. The molecule has 2 aliphatic carbocycles. The van der Waals surface area contributed by atoms with Gasteiger partial charge in [0.15, 0.2) is 5.78 Å². The van der Waals surface area contributed by atoms with E-state index in [0.717, 1.165) is 44.3 Å². The van der Waals surface area contributed by atoms with Crippen LogP contribution in [0.15, 0.2) is 71.5 Å². The first-order valence-corrected chi connectivity index (χ1v) is 14.9. The highest BCUT2D eigenvalue weighted by atomic mass is 16.5. The van der Waals surface area contributed by atoms with Crippen molar-refractivity contribution in [3.05, 3.63) is 78.0 Å². The van der Waals surface area contributed by atoms with Crippen molar-refractivity contribution in [2.24, 2.45) is 16.1 Å². The van der Waals surface area contributed by atoms with E-state index < -0.39 is 5.41 Å². The van der Waals surface area contributed by atoms with Crippen LogP contribution in [0.3, 0.4) is 0 Å². The molecule has 0 bridgehead atoms. The summed E-state index contributed by atoms with van der Waals surface area (Å²) in [6.45, 7) is 5.01. The molecule has 1 aliphatic heterocycles. The predicted octanol–water partition coefficient (Wildman–Crippen LogP) is 3.05. The predicted molar refractivity (Wildman–Crippen MR) is 165 cm³/mol. The van der Waals surface area contributed by atoms with E-state index in [1.54, 1.807) is 24.4 Å². The second-order valence-corrected chi connectivity index (χ2v) is 11.5. The van der Waals surface area contributed by atoms with Crippen molar-refractivity contribution in [3.8, 4) is 5.88 Å². The zero-order chi connectivity index (χ0) is 29.7. The van der Waals surface area contributed by atoms with Crippen LogP contribution in [0, 0.1) is 5.41 Å². The number of ether oxygens (including phenoxy) is 1. The number of nitrogens with two attached hydrogens (primary N) is 2. The number of likely N-dealkylation sites (tertiary alicyclic amines) is 1. The minimum Gasteiger partial charge on any atom is -0.595 e. The number of para-hydroxylation sites is 1. The quantitative estimate of drug-likeness (QED) is 0.270. The number of benzene rings is 1. The molecule has 42 heavy (non-hydrogen) atoms. The first kappa shape index (κ1) is 29.4. The highest BCUT2D eigenvalue weighted by Gasteiger charge is 2.51. The van der Waals surface area contributed by atoms with E-state index >= 15 is 0 Å². The van der Waals surface area contributed by atoms with Gasteiger partial charge >= 0.3 is 0 Å². The summed E-state index contributed by atoms with van der Waals surface area (Å²) < 4.78 is 6.40. The Morgan fingerprint density at radius 3 is 2.71 bits per heavy atom. The second-order valence-electron chi connectivity index (χ2n) is 11.5. The fourth-order valence-corrected chi connectivity index (χ4v) is 6.46. The molecule has 2 fully saturated rings. The largest absolute Gasteiger partial charge is 0.595 e. The van der Waals surface area contributed by atoms with Crippen LogP contribution in [-0.4, -0.2) is 63.4 Å². The molecule has 1 aromatic heterocycles. The summed E-state index contributed by atoms with van der Waals surface area (Å²) in [6, 6.07) is 11.5. The number of carbonyl (C=O) groups is 1. The molecule has 0 radical (unpaired) electrons.